The van der Waals surface area contributed by atoms with Crippen molar-refractivity contribution in [3.05, 3.63) is 127 Å². The molecule has 0 bridgehead atoms. The van der Waals surface area contributed by atoms with Crippen LogP contribution >= 0.6 is 8.01 Å². The predicted octanol–water partition coefficient (Wildman–Crippen LogP) is 8.07. The summed E-state index contributed by atoms with van der Waals surface area (Å²) in [6, 6.07) is 31.3. The SMILES string of the molecule is [CH]1[CH][C](c2ccccc2)[C](p2oc3ccccc3c3c(ccc4ccccc43)o2)[CH]1. The molecule has 5 aromatic rings. The number of fused-ring (bicyclic) bond motifs is 5. The average molecular weight is 405 g/mol. The highest BCUT2D eigenvalue weighted by Gasteiger charge is 2.36. The molecule has 1 saturated carbocycles. The summed E-state index contributed by atoms with van der Waals surface area (Å²) in [4.78, 5) is 0. The van der Waals surface area contributed by atoms with Crippen molar-refractivity contribution in [1.82, 2.24) is 0 Å². The highest BCUT2D eigenvalue weighted by molar-refractivity contribution is 7.42. The Bertz CT molecular complexity index is 1390. The van der Waals surface area contributed by atoms with E-state index in [9.17, 15) is 0 Å². The molecule has 5 radical (unpaired) electrons. The molecule has 2 nitrogen and oxygen atoms in total. The maximum atomic E-state index is 6.60. The van der Waals surface area contributed by atoms with E-state index in [2.05, 4.69) is 92.1 Å². The molecule has 1 unspecified atom stereocenters. The quantitative estimate of drug-likeness (QED) is 0.297. The van der Waals surface area contributed by atoms with Gasteiger partial charge in [0.05, 0.1) is 0 Å². The second kappa shape index (κ2) is 7.38. The standard InChI is InChI=1S/C27H18O2P/c1-2-9-19(10-3-1)21-14-8-16-26(21)30-28-24-15-7-6-13-23(24)27-22-12-5-4-11-20(22)17-18-25(27)29-30/h1-18H. The summed E-state index contributed by atoms with van der Waals surface area (Å²) in [5.41, 5.74) is 3.99. The lowest BCUT2D eigenvalue weighted by Crippen LogP contribution is -2.01. The lowest BCUT2D eigenvalue weighted by molar-refractivity contribution is 0.642. The predicted molar refractivity (Wildman–Crippen MR) is 124 cm³/mol. The zero-order valence-corrected chi connectivity index (χ0v) is 17.1. The van der Waals surface area contributed by atoms with Gasteiger partial charge in [-0.2, -0.15) is 0 Å². The van der Waals surface area contributed by atoms with Crippen LogP contribution < -0.4 is 0 Å². The van der Waals surface area contributed by atoms with Crippen molar-refractivity contribution in [2.75, 3.05) is 0 Å². The van der Waals surface area contributed by atoms with Gasteiger partial charge in [0.15, 0.2) is 0 Å². The summed E-state index contributed by atoms with van der Waals surface area (Å²) in [6.07, 6.45) is 6.32. The molecule has 1 aliphatic carbocycles. The molecule has 30 heavy (non-hydrogen) atoms. The maximum absolute atomic E-state index is 6.60. The molecule has 1 aromatic heterocycles. The first-order valence-corrected chi connectivity index (χ1v) is 11.1. The monoisotopic (exact) mass is 405 g/mol. The molecular weight excluding hydrogens is 387 g/mol. The average Bonchev–Trinajstić information content (AvgIpc) is 3.23. The van der Waals surface area contributed by atoms with E-state index in [1.807, 2.05) is 18.2 Å². The molecule has 6 rings (SSSR count). The summed E-state index contributed by atoms with van der Waals surface area (Å²) in [6.45, 7) is 0. The Morgan fingerprint density at radius 3 is 2.20 bits per heavy atom. The van der Waals surface area contributed by atoms with Crippen LogP contribution in [0.15, 0.2) is 99.4 Å². The van der Waals surface area contributed by atoms with Gasteiger partial charge in [0.25, 0.3) is 0 Å². The van der Waals surface area contributed by atoms with Crippen molar-refractivity contribution in [2.45, 2.75) is 0 Å². The van der Waals surface area contributed by atoms with Crippen molar-refractivity contribution in [2.24, 2.45) is 0 Å². The molecular formula is C27H18O2P. The van der Waals surface area contributed by atoms with Gasteiger partial charge in [-0.05, 0) is 47.7 Å². The number of rotatable bonds is 2. The fourth-order valence-electron chi connectivity index (χ4n) is 4.09. The second-order valence-corrected chi connectivity index (χ2v) is 8.65. The Balaban J connectivity index is 1.65. The minimum absolute atomic E-state index is 0.860. The van der Waals surface area contributed by atoms with E-state index in [-0.39, 0.29) is 0 Å². The summed E-state index contributed by atoms with van der Waals surface area (Å²) in [5, 5.41) is 4.54. The van der Waals surface area contributed by atoms with Crippen molar-refractivity contribution in [3.63, 3.8) is 0 Å². The minimum atomic E-state index is -1.33. The van der Waals surface area contributed by atoms with E-state index in [0.29, 0.717) is 0 Å². The van der Waals surface area contributed by atoms with Crippen LogP contribution in [0.4, 0.5) is 0 Å². The fraction of sp³-hybridized carbons (Fsp3) is 0. The van der Waals surface area contributed by atoms with Crippen LogP contribution in [0.3, 0.4) is 0 Å². The highest BCUT2D eigenvalue weighted by atomic mass is 31.1. The van der Waals surface area contributed by atoms with Gasteiger partial charge in [-0.1, -0.05) is 78.9 Å². The third-order valence-corrected chi connectivity index (χ3v) is 6.99. The van der Waals surface area contributed by atoms with E-state index >= 15 is 0 Å². The van der Waals surface area contributed by atoms with Crippen LogP contribution in [0.2, 0.25) is 0 Å². The summed E-state index contributed by atoms with van der Waals surface area (Å²) < 4.78 is 13.1. The Kier molecular flexibility index (Phi) is 4.39. The van der Waals surface area contributed by atoms with Crippen LogP contribution in [-0.4, -0.2) is 0 Å². The molecule has 0 aliphatic heterocycles. The molecule has 1 heterocycles. The van der Waals surface area contributed by atoms with E-state index in [0.717, 1.165) is 33.5 Å². The first kappa shape index (κ1) is 17.9. The normalized spacial score (nSPS) is 15.9. The molecule has 0 saturated heterocycles. The van der Waals surface area contributed by atoms with Crippen LogP contribution in [0, 0.1) is 30.8 Å². The van der Waals surface area contributed by atoms with Crippen molar-refractivity contribution in [3.8, 4) is 0 Å². The molecule has 0 N–H and O–H groups in total. The largest absolute Gasteiger partial charge is 0.419 e. The highest BCUT2D eigenvalue weighted by Crippen LogP contribution is 2.55. The zero-order valence-electron chi connectivity index (χ0n) is 16.2. The molecule has 0 spiro atoms. The minimum Gasteiger partial charge on any atom is -0.419 e. The summed E-state index contributed by atoms with van der Waals surface area (Å²) >= 11 is 0. The second-order valence-electron chi connectivity index (χ2n) is 7.29. The van der Waals surface area contributed by atoms with Gasteiger partial charge < -0.3 is 8.39 Å². The van der Waals surface area contributed by atoms with E-state index in [1.54, 1.807) is 0 Å². The topological polar surface area (TPSA) is 26.3 Å². The molecule has 0 amide bonds. The van der Waals surface area contributed by atoms with Gasteiger partial charge in [-0.3, -0.25) is 0 Å². The van der Waals surface area contributed by atoms with Gasteiger partial charge in [-0.15, -0.1) is 0 Å². The van der Waals surface area contributed by atoms with Gasteiger partial charge in [0.1, 0.15) is 16.8 Å². The van der Waals surface area contributed by atoms with Gasteiger partial charge in [0, 0.05) is 16.7 Å². The number of para-hydroxylation sites is 1. The van der Waals surface area contributed by atoms with Crippen LogP contribution in [-0.2, 0) is 0 Å². The number of benzene rings is 4. The van der Waals surface area contributed by atoms with Crippen molar-refractivity contribution < 1.29 is 8.39 Å². The Hall–Kier alpha value is -2.96. The molecule has 4 aromatic carbocycles. The number of hydrogen-bond acceptors (Lipinski definition) is 2. The molecule has 1 atom stereocenters. The zero-order chi connectivity index (χ0) is 19.9. The van der Waals surface area contributed by atoms with Crippen LogP contribution in [0.1, 0.15) is 5.56 Å². The van der Waals surface area contributed by atoms with Crippen molar-refractivity contribution >= 4 is 40.7 Å². The first-order chi connectivity index (χ1) is 14.9. The van der Waals surface area contributed by atoms with Gasteiger partial charge in [-0.25, -0.2) is 0 Å². The van der Waals surface area contributed by atoms with Gasteiger partial charge >= 0.3 is 0 Å². The number of hydrogen-bond donors (Lipinski definition) is 0. The van der Waals surface area contributed by atoms with E-state index in [4.69, 9.17) is 8.39 Å². The smallest absolute Gasteiger partial charge is 0.226 e. The van der Waals surface area contributed by atoms with E-state index in [1.165, 1.54) is 16.3 Å². The fourth-order valence-corrected chi connectivity index (χ4v) is 5.60. The lowest BCUT2D eigenvalue weighted by atomic mass is 9.98. The van der Waals surface area contributed by atoms with E-state index < -0.39 is 8.01 Å². The lowest BCUT2D eigenvalue weighted by Gasteiger charge is -2.15. The third-order valence-electron chi connectivity index (χ3n) is 5.48. The Labute approximate surface area is 176 Å². The van der Waals surface area contributed by atoms with Crippen LogP contribution in [0.25, 0.3) is 32.7 Å². The third kappa shape index (κ3) is 2.95. The van der Waals surface area contributed by atoms with Crippen molar-refractivity contribution in [1.29, 1.82) is 0 Å². The summed E-state index contributed by atoms with van der Waals surface area (Å²) in [5.74, 6) is 1.16. The molecule has 1 aliphatic rings. The Morgan fingerprint density at radius 2 is 1.30 bits per heavy atom. The molecule has 143 valence electrons. The molecule has 3 heteroatoms. The van der Waals surface area contributed by atoms with Gasteiger partial charge in [0.2, 0.25) is 8.01 Å². The van der Waals surface area contributed by atoms with Crippen LogP contribution in [0.5, 0.6) is 0 Å². The summed E-state index contributed by atoms with van der Waals surface area (Å²) in [7, 11) is -1.33. The Morgan fingerprint density at radius 1 is 0.567 bits per heavy atom. The first-order valence-electron chi connectivity index (χ1n) is 9.97. The maximum Gasteiger partial charge on any atom is 0.226 e. The molecule has 1 fully saturated rings.